The van der Waals surface area contributed by atoms with Crippen LogP contribution < -0.4 is 0 Å². The summed E-state index contributed by atoms with van der Waals surface area (Å²) in [6.07, 6.45) is 0.946. The first-order valence-electron chi connectivity index (χ1n) is 8.91. The van der Waals surface area contributed by atoms with Crippen LogP contribution in [0.2, 0.25) is 0 Å². The summed E-state index contributed by atoms with van der Waals surface area (Å²) in [5, 5.41) is 0. The molecule has 0 spiro atoms. The Morgan fingerprint density at radius 2 is 1.74 bits per heavy atom. The molecule has 0 aliphatic carbocycles. The fourth-order valence-corrected chi connectivity index (χ4v) is 4.08. The number of aromatic nitrogens is 1. The van der Waals surface area contributed by atoms with Gasteiger partial charge in [0, 0.05) is 23.5 Å². The topological polar surface area (TPSA) is 82.4 Å². The number of esters is 1. The lowest BCUT2D eigenvalue weighted by Gasteiger charge is -2.10. The number of Topliss-reactive ketones (excluding diaryl/α,β-unsaturated/α-hetero) is 1. The summed E-state index contributed by atoms with van der Waals surface area (Å²) in [7, 11) is -3.57. The maximum Gasteiger partial charge on any atom is 0.339 e. The molecule has 1 heterocycles. The predicted octanol–water partition coefficient (Wildman–Crippen LogP) is 3.35. The molecule has 0 aliphatic heterocycles. The second-order valence-corrected chi connectivity index (χ2v) is 8.58. The van der Waals surface area contributed by atoms with E-state index in [2.05, 4.69) is 11.5 Å². The standard InChI is InChI=1S/C20H25NO5S/c1-5-11-21-14(3)12-17(15(21)4)18(22)13-26-20(23)16-9-7-8-10-19(16)27(24,25)6-2/h7-10,12H,5-6,11,13H2,1-4H3. The number of benzene rings is 1. The van der Waals surface area contributed by atoms with Crippen LogP contribution in [-0.2, 0) is 21.1 Å². The maximum absolute atomic E-state index is 12.5. The predicted molar refractivity (Wildman–Crippen MR) is 103 cm³/mol. The van der Waals surface area contributed by atoms with Crippen molar-refractivity contribution < 1.29 is 22.7 Å². The van der Waals surface area contributed by atoms with E-state index in [-0.39, 0.29) is 22.0 Å². The van der Waals surface area contributed by atoms with Crippen LogP contribution in [0.4, 0.5) is 0 Å². The summed E-state index contributed by atoms with van der Waals surface area (Å²) >= 11 is 0. The lowest BCUT2D eigenvalue weighted by molar-refractivity contribution is 0.0470. The second-order valence-electron chi connectivity index (χ2n) is 6.34. The lowest BCUT2D eigenvalue weighted by Crippen LogP contribution is -2.18. The number of sulfone groups is 1. The van der Waals surface area contributed by atoms with Gasteiger partial charge in [0.15, 0.2) is 16.4 Å². The Bertz CT molecular complexity index is 957. The van der Waals surface area contributed by atoms with Crippen LogP contribution in [0, 0.1) is 13.8 Å². The van der Waals surface area contributed by atoms with Gasteiger partial charge in [0.2, 0.25) is 5.78 Å². The normalized spacial score (nSPS) is 11.4. The Morgan fingerprint density at radius 1 is 1.07 bits per heavy atom. The fourth-order valence-electron chi connectivity index (χ4n) is 3.00. The minimum atomic E-state index is -3.57. The van der Waals surface area contributed by atoms with Crippen LogP contribution in [0.3, 0.4) is 0 Å². The van der Waals surface area contributed by atoms with E-state index in [1.165, 1.54) is 19.1 Å². The number of hydrogen-bond donors (Lipinski definition) is 0. The van der Waals surface area contributed by atoms with E-state index < -0.39 is 22.4 Å². The molecule has 0 fully saturated rings. The summed E-state index contributed by atoms with van der Waals surface area (Å²) in [5.74, 6) is -1.26. The molecule has 2 rings (SSSR count). The number of carbonyl (C=O) groups excluding carboxylic acids is 2. The molecule has 0 bridgehead atoms. The van der Waals surface area contributed by atoms with Crippen LogP contribution >= 0.6 is 0 Å². The van der Waals surface area contributed by atoms with Crippen molar-refractivity contribution in [1.82, 2.24) is 4.57 Å². The fraction of sp³-hybridized carbons (Fsp3) is 0.400. The highest BCUT2D eigenvalue weighted by Gasteiger charge is 2.23. The van der Waals surface area contributed by atoms with Crippen LogP contribution in [-0.4, -0.2) is 37.1 Å². The number of aryl methyl sites for hydroxylation is 1. The number of rotatable bonds is 8. The van der Waals surface area contributed by atoms with Gasteiger partial charge in [0.25, 0.3) is 0 Å². The van der Waals surface area contributed by atoms with Crippen molar-refractivity contribution in [2.75, 3.05) is 12.4 Å². The molecular weight excluding hydrogens is 366 g/mol. The van der Waals surface area contributed by atoms with E-state index in [1.54, 1.807) is 18.2 Å². The second kappa shape index (κ2) is 8.52. The minimum Gasteiger partial charge on any atom is -0.454 e. The first-order chi connectivity index (χ1) is 12.7. The lowest BCUT2D eigenvalue weighted by atomic mass is 10.1. The first kappa shape index (κ1) is 20.9. The van der Waals surface area contributed by atoms with Crippen molar-refractivity contribution in [3.63, 3.8) is 0 Å². The highest BCUT2D eigenvalue weighted by molar-refractivity contribution is 7.91. The van der Waals surface area contributed by atoms with Gasteiger partial charge in [-0.15, -0.1) is 0 Å². The zero-order chi connectivity index (χ0) is 20.2. The monoisotopic (exact) mass is 391 g/mol. The van der Waals surface area contributed by atoms with Gasteiger partial charge in [-0.25, -0.2) is 13.2 Å². The van der Waals surface area contributed by atoms with Crippen molar-refractivity contribution in [3.05, 3.63) is 52.8 Å². The quantitative estimate of drug-likeness (QED) is 0.509. The highest BCUT2D eigenvalue weighted by atomic mass is 32.2. The van der Waals surface area contributed by atoms with Crippen molar-refractivity contribution in [2.24, 2.45) is 0 Å². The molecule has 0 amide bonds. The van der Waals surface area contributed by atoms with Gasteiger partial charge in [0.1, 0.15) is 0 Å². The third-order valence-electron chi connectivity index (χ3n) is 4.48. The van der Waals surface area contributed by atoms with E-state index in [4.69, 9.17) is 4.74 Å². The van der Waals surface area contributed by atoms with Gasteiger partial charge in [-0.2, -0.15) is 0 Å². The Balaban J connectivity index is 2.18. The molecule has 0 saturated carbocycles. The van der Waals surface area contributed by atoms with E-state index in [0.29, 0.717) is 5.56 Å². The van der Waals surface area contributed by atoms with E-state index in [0.717, 1.165) is 24.4 Å². The molecule has 6 nitrogen and oxygen atoms in total. The largest absolute Gasteiger partial charge is 0.454 e. The zero-order valence-electron chi connectivity index (χ0n) is 16.1. The van der Waals surface area contributed by atoms with Crippen molar-refractivity contribution >= 4 is 21.6 Å². The Hall–Kier alpha value is -2.41. The SMILES string of the molecule is CCCn1c(C)cc(C(=O)COC(=O)c2ccccc2S(=O)(=O)CC)c1C. The number of nitrogens with zero attached hydrogens (tertiary/aromatic N) is 1. The summed E-state index contributed by atoms with van der Waals surface area (Å²) in [4.78, 5) is 24.8. The van der Waals surface area contributed by atoms with Gasteiger partial charge < -0.3 is 9.30 Å². The van der Waals surface area contributed by atoms with E-state index in [9.17, 15) is 18.0 Å². The van der Waals surface area contributed by atoms with E-state index >= 15 is 0 Å². The average molecular weight is 391 g/mol. The van der Waals surface area contributed by atoms with Crippen molar-refractivity contribution in [2.45, 2.75) is 45.6 Å². The Kier molecular flexibility index (Phi) is 6.59. The molecule has 7 heteroatoms. The molecule has 146 valence electrons. The van der Waals surface area contributed by atoms with Crippen LogP contribution in [0.15, 0.2) is 35.2 Å². The Labute approximate surface area is 160 Å². The van der Waals surface area contributed by atoms with Gasteiger partial charge in [0.05, 0.1) is 16.2 Å². The number of carbonyl (C=O) groups is 2. The smallest absolute Gasteiger partial charge is 0.339 e. The van der Waals surface area contributed by atoms with Crippen LogP contribution in [0.1, 0.15) is 52.4 Å². The summed E-state index contributed by atoms with van der Waals surface area (Å²) < 4.78 is 31.5. The average Bonchev–Trinajstić information content (AvgIpc) is 2.94. The summed E-state index contributed by atoms with van der Waals surface area (Å²) in [6.45, 7) is 7.73. The molecule has 0 unspecified atom stereocenters. The Morgan fingerprint density at radius 3 is 2.37 bits per heavy atom. The maximum atomic E-state index is 12.5. The third-order valence-corrected chi connectivity index (χ3v) is 6.26. The van der Waals surface area contributed by atoms with E-state index in [1.807, 2.05) is 13.8 Å². The summed E-state index contributed by atoms with van der Waals surface area (Å²) in [6, 6.07) is 7.66. The van der Waals surface area contributed by atoms with Gasteiger partial charge >= 0.3 is 5.97 Å². The number of ether oxygens (including phenoxy) is 1. The molecule has 27 heavy (non-hydrogen) atoms. The zero-order valence-corrected chi connectivity index (χ0v) is 16.9. The molecule has 1 aromatic carbocycles. The van der Waals surface area contributed by atoms with Crippen molar-refractivity contribution in [3.8, 4) is 0 Å². The van der Waals surface area contributed by atoms with Gasteiger partial charge in [-0.05, 0) is 38.5 Å². The van der Waals surface area contributed by atoms with Gasteiger partial charge in [-0.1, -0.05) is 26.0 Å². The molecular formula is C20H25NO5S. The molecule has 0 saturated heterocycles. The summed E-state index contributed by atoms with van der Waals surface area (Å²) in [5.41, 5.74) is 2.28. The number of hydrogen-bond acceptors (Lipinski definition) is 5. The molecule has 1 aromatic heterocycles. The molecule has 0 radical (unpaired) electrons. The molecule has 2 aromatic rings. The van der Waals surface area contributed by atoms with Gasteiger partial charge in [-0.3, -0.25) is 4.79 Å². The highest BCUT2D eigenvalue weighted by Crippen LogP contribution is 2.19. The first-order valence-corrected chi connectivity index (χ1v) is 10.6. The van der Waals surface area contributed by atoms with Crippen LogP contribution in [0.5, 0.6) is 0 Å². The minimum absolute atomic E-state index is 0.0522. The van der Waals surface area contributed by atoms with Crippen molar-refractivity contribution in [1.29, 1.82) is 0 Å². The molecule has 0 N–H and O–H groups in total. The molecule has 0 atom stereocenters. The third kappa shape index (κ3) is 4.47. The number of ketones is 1. The molecule has 0 aliphatic rings. The van der Waals surface area contributed by atoms with Crippen LogP contribution in [0.25, 0.3) is 0 Å².